The standard InChI is InChI=1S/C19H22N2O/c1-14-10-12-16(13-11-14)18(22)20-17(21-19(2,3)4)15-8-6-5-7-9-15/h5-13H,1-4H3,(H,20,21,22). The van der Waals surface area contributed by atoms with Gasteiger partial charge in [-0.3, -0.25) is 9.79 Å². The van der Waals surface area contributed by atoms with E-state index in [1.165, 1.54) is 0 Å². The highest BCUT2D eigenvalue weighted by molar-refractivity contribution is 6.12. The number of nitrogens with one attached hydrogen (secondary N) is 1. The van der Waals surface area contributed by atoms with Crippen molar-refractivity contribution in [3.05, 3.63) is 71.3 Å². The van der Waals surface area contributed by atoms with Gasteiger partial charge in [0.05, 0.1) is 5.54 Å². The molecule has 2 aromatic carbocycles. The molecule has 0 aliphatic rings. The lowest BCUT2D eigenvalue weighted by atomic mass is 10.1. The topological polar surface area (TPSA) is 41.5 Å². The van der Waals surface area contributed by atoms with Gasteiger partial charge in [0.1, 0.15) is 5.84 Å². The van der Waals surface area contributed by atoms with Crippen LogP contribution in [-0.4, -0.2) is 17.3 Å². The highest BCUT2D eigenvalue weighted by atomic mass is 16.1. The zero-order chi connectivity index (χ0) is 16.2. The zero-order valence-electron chi connectivity index (χ0n) is 13.6. The molecule has 0 radical (unpaired) electrons. The molecular formula is C19H22N2O. The molecule has 3 nitrogen and oxygen atoms in total. The van der Waals surface area contributed by atoms with E-state index in [0.717, 1.165) is 11.1 Å². The molecule has 0 unspecified atom stereocenters. The Hall–Kier alpha value is -2.42. The van der Waals surface area contributed by atoms with Gasteiger partial charge in [0, 0.05) is 11.1 Å². The van der Waals surface area contributed by atoms with Gasteiger partial charge >= 0.3 is 0 Å². The number of benzene rings is 2. The number of carbonyl (C=O) groups excluding carboxylic acids is 1. The van der Waals surface area contributed by atoms with Crippen molar-refractivity contribution >= 4 is 11.7 Å². The fourth-order valence-electron chi connectivity index (χ4n) is 1.98. The van der Waals surface area contributed by atoms with E-state index < -0.39 is 0 Å². The third-order valence-electron chi connectivity index (χ3n) is 3.04. The molecule has 0 aromatic heterocycles. The van der Waals surface area contributed by atoms with Crippen LogP contribution in [0.3, 0.4) is 0 Å². The minimum absolute atomic E-state index is 0.146. The molecule has 0 saturated heterocycles. The van der Waals surface area contributed by atoms with Gasteiger partial charge in [0.2, 0.25) is 0 Å². The Morgan fingerprint density at radius 3 is 2.05 bits per heavy atom. The molecule has 0 heterocycles. The fourth-order valence-corrected chi connectivity index (χ4v) is 1.98. The first-order chi connectivity index (χ1) is 10.3. The van der Waals surface area contributed by atoms with E-state index in [1.54, 1.807) is 0 Å². The molecule has 0 aliphatic carbocycles. The Morgan fingerprint density at radius 2 is 1.50 bits per heavy atom. The van der Waals surface area contributed by atoms with Crippen LogP contribution in [0.5, 0.6) is 0 Å². The molecule has 0 bridgehead atoms. The molecular weight excluding hydrogens is 272 g/mol. The molecule has 0 saturated carbocycles. The van der Waals surface area contributed by atoms with Crippen molar-refractivity contribution in [2.75, 3.05) is 0 Å². The van der Waals surface area contributed by atoms with Crippen LogP contribution in [0.25, 0.3) is 0 Å². The number of rotatable bonds is 2. The molecule has 0 atom stereocenters. The summed E-state index contributed by atoms with van der Waals surface area (Å²) in [7, 11) is 0. The molecule has 0 spiro atoms. The SMILES string of the molecule is Cc1ccc(C(=O)NC(=NC(C)(C)C)c2ccccc2)cc1. The number of nitrogens with zero attached hydrogens (tertiary/aromatic N) is 1. The molecule has 3 heteroatoms. The summed E-state index contributed by atoms with van der Waals surface area (Å²) in [5.74, 6) is 0.450. The Kier molecular flexibility index (Phi) is 4.76. The van der Waals surface area contributed by atoms with Crippen LogP contribution >= 0.6 is 0 Å². The molecule has 114 valence electrons. The molecule has 0 aliphatic heterocycles. The Morgan fingerprint density at radius 1 is 0.909 bits per heavy atom. The quantitative estimate of drug-likeness (QED) is 0.661. The van der Waals surface area contributed by atoms with Gasteiger partial charge in [0.25, 0.3) is 5.91 Å². The van der Waals surface area contributed by atoms with Gasteiger partial charge < -0.3 is 5.32 Å². The van der Waals surface area contributed by atoms with Crippen LogP contribution in [-0.2, 0) is 0 Å². The lowest BCUT2D eigenvalue weighted by Gasteiger charge is -2.17. The van der Waals surface area contributed by atoms with Crippen LogP contribution < -0.4 is 5.32 Å². The van der Waals surface area contributed by atoms with Crippen molar-refractivity contribution in [3.63, 3.8) is 0 Å². The summed E-state index contributed by atoms with van der Waals surface area (Å²) in [4.78, 5) is 17.1. The normalized spacial score (nSPS) is 12.1. The second-order valence-electron chi connectivity index (χ2n) is 6.32. The number of amidine groups is 1. The van der Waals surface area contributed by atoms with Crippen molar-refractivity contribution in [2.24, 2.45) is 4.99 Å². The summed E-state index contributed by atoms with van der Waals surface area (Å²) in [6, 6.07) is 17.2. The van der Waals surface area contributed by atoms with Crippen LogP contribution in [0.1, 0.15) is 42.3 Å². The third-order valence-corrected chi connectivity index (χ3v) is 3.04. The Labute approximate surface area is 132 Å². The summed E-state index contributed by atoms with van der Waals surface area (Å²) >= 11 is 0. The zero-order valence-corrected chi connectivity index (χ0v) is 13.6. The molecule has 22 heavy (non-hydrogen) atoms. The maximum Gasteiger partial charge on any atom is 0.256 e. The first-order valence-electron chi connectivity index (χ1n) is 7.38. The fraction of sp³-hybridized carbons (Fsp3) is 0.263. The van der Waals surface area contributed by atoms with Gasteiger partial charge in [-0.1, -0.05) is 48.0 Å². The van der Waals surface area contributed by atoms with E-state index in [9.17, 15) is 4.79 Å². The average Bonchev–Trinajstić information content (AvgIpc) is 2.47. The van der Waals surface area contributed by atoms with Gasteiger partial charge in [-0.2, -0.15) is 0 Å². The van der Waals surface area contributed by atoms with Crippen molar-refractivity contribution in [1.82, 2.24) is 5.32 Å². The van der Waals surface area contributed by atoms with E-state index in [1.807, 2.05) is 82.3 Å². The number of hydrogen-bond donors (Lipinski definition) is 1. The van der Waals surface area contributed by atoms with Crippen LogP contribution in [0.15, 0.2) is 59.6 Å². The van der Waals surface area contributed by atoms with E-state index in [0.29, 0.717) is 11.4 Å². The van der Waals surface area contributed by atoms with Crippen molar-refractivity contribution in [2.45, 2.75) is 33.2 Å². The maximum absolute atomic E-state index is 12.4. The summed E-state index contributed by atoms with van der Waals surface area (Å²) in [5, 5.41) is 2.94. The second kappa shape index (κ2) is 6.56. The van der Waals surface area contributed by atoms with Crippen LogP contribution in [0.2, 0.25) is 0 Å². The van der Waals surface area contributed by atoms with E-state index in [-0.39, 0.29) is 11.4 Å². The van der Waals surface area contributed by atoms with E-state index in [2.05, 4.69) is 10.3 Å². The lowest BCUT2D eigenvalue weighted by Crippen LogP contribution is -2.33. The minimum Gasteiger partial charge on any atom is -0.306 e. The average molecular weight is 294 g/mol. The summed E-state index contributed by atoms with van der Waals surface area (Å²) in [6.45, 7) is 8.02. The highest BCUT2D eigenvalue weighted by Gasteiger charge is 2.15. The maximum atomic E-state index is 12.4. The van der Waals surface area contributed by atoms with Gasteiger partial charge in [-0.15, -0.1) is 0 Å². The van der Waals surface area contributed by atoms with Gasteiger partial charge in [-0.25, -0.2) is 0 Å². The summed E-state index contributed by atoms with van der Waals surface area (Å²) in [5.41, 5.74) is 2.38. The van der Waals surface area contributed by atoms with Crippen LogP contribution in [0.4, 0.5) is 0 Å². The minimum atomic E-state index is -0.272. The number of carbonyl (C=O) groups is 1. The number of amides is 1. The van der Waals surface area contributed by atoms with Crippen molar-refractivity contribution in [3.8, 4) is 0 Å². The third kappa shape index (κ3) is 4.55. The lowest BCUT2D eigenvalue weighted by molar-refractivity contribution is 0.0977. The van der Waals surface area contributed by atoms with Crippen molar-refractivity contribution < 1.29 is 4.79 Å². The first-order valence-corrected chi connectivity index (χ1v) is 7.38. The van der Waals surface area contributed by atoms with Gasteiger partial charge in [-0.05, 0) is 39.8 Å². The number of hydrogen-bond acceptors (Lipinski definition) is 2. The van der Waals surface area contributed by atoms with Gasteiger partial charge in [0.15, 0.2) is 0 Å². The van der Waals surface area contributed by atoms with Crippen LogP contribution in [0, 0.1) is 6.92 Å². The summed E-state index contributed by atoms with van der Waals surface area (Å²) in [6.07, 6.45) is 0. The summed E-state index contributed by atoms with van der Waals surface area (Å²) < 4.78 is 0. The van der Waals surface area contributed by atoms with E-state index in [4.69, 9.17) is 0 Å². The number of aliphatic imine (C=N–C) groups is 1. The Balaban J connectivity index is 2.29. The Bertz CT molecular complexity index is 665. The molecule has 1 amide bonds. The molecule has 2 aromatic rings. The number of aryl methyl sites for hydroxylation is 1. The molecule has 0 fully saturated rings. The molecule has 1 N–H and O–H groups in total. The monoisotopic (exact) mass is 294 g/mol. The van der Waals surface area contributed by atoms with E-state index >= 15 is 0 Å². The smallest absolute Gasteiger partial charge is 0.256 e. The predicted molar refractivity (Wildman–Crippen MR) is 91.4 cm³/mol. The largest absolute Gasteiger partial charge is 0.306 e. The van der Waals surface area contributed by atoms with Crippen molar-refractivity contribution in [1.29, 1.82) is 0 Å². The highest BCUT2D eigenvalue weighted by Crippen LogP contribution is 2.11. The first kappa shape index (κ1) is 16.0. The predicted octanol–water partition coefficient (Wildman–Crippen LogP) is 3.97. The molecule has 2 rings (SSSR count). The second-order valence-corrected chi connectivity index (χ2v) is 6.32.